The van der Waals surface area contributed by atoms with Crippen molar-refractivity contribution in [3.8, 4) is 0 Å². The van der Waals surface area contributed by atoms with Crippen LogP contribution in [0.4, 0.5) is 0 Å². The summed E-state index contributed by atoms with van der Waals surface area (Å²) in [5.41, 5.74) is 9.10. The number of hydrogen-bond acceptors (Lipinski definition) is 0. The molecular weight excluding hydrogens is 324 g/mol. The van der Waals surface area contributed by atoms with E-state index >= 15 is 0 Å². The fourth-order valence-corrected chi connectivity index (χ4v) is 5.57. The smallest absolute Gasteiger partial charge is 0.00254 e. The van der Waals surface area contributed by atoms with Crippen molar-refractivity contribution >= 4 is 0 Å². The van der Waals surface area contributed by atoms with Crippen molar-refractivity contribution in [2.75, 3.05) is 0 Å². The fraction of sp³-hybridized carbons (Fsp3) is 0.556. The highest BCUT2D eigenvalue weighted by atomic mass is 14.2. The van der Waals surface area contributed by atoms with Gasteiger partial charge in [-0.2, -0.15) is 0 Å². The van der Waals surface area contributed by atoms with Crippen LogP contribution in [0.25, 0.3) is 0 Å². The molecule has 2 saturated carbocycles. The molecule has 0 spiro atoms. The van der Waals surface area contributed by atoms with Crippen molar-refractivity contribution in [3.05, 3.63) is 69.8 Å². The van der Waals surface area contributed by atoms with Gasteiger partial charge in [-0.3, -0.25) is 0 Å². The third kappa shape index (κ3) is 4.84. The molecule has 0 amide bonds. The molecule has 0 heterocycles. The molecule has 2 aromatic rings. The minimum absolute atomic E-state index is 0.799. The Hall–Kier alpha value is -1.56. The van der Waals surface area contributed by atoms with Crippen molar-refractivity contribution in [2.24, 2.45) is 0 Å². The van der Waals surface area contributed by atoms with E-state index in [-0.39, 0.29) is 0 Å². The zero-order valence-corrected chi connectivity index (χ0v) is 17.4. The Morgan fingerprint density at radius 3 is 1.37 bits per heavy atom. The molecule has 4 rings (SSSR count). The van der Waals surface area contributed by atoms with E-state index in [0.717, 1.165) is 18.3 Å². The highest BCUT2D eigenvalue weighted by Gasteiger charge is 2.18. The van der Waals surface area contributed by atoms with E-state index in [1.807, 2.05) is 0 Å². The first-order valence-electron chi connectivity index (χ1n) is 11.4. The second-order valence-corrected chi connectivity index (χ2v) is 9.35. The molecule has 27 heavy (non-hydrogen) atoms. The fourth-order valence-electron chi connectivity index (χ4n) is 5.57. The Morgan fingerprint density at radius 2 is 0.963 bits per heavy atom. The number of rotatable bonds is 4. The first kappa shape index (κ1) is 18.8. The lowest BCUT2D eigenvalue weighted by Crippen LogP contribution is -2.06. The van der Waals surface area contributed by atoms with E-state index in [4.69, 9.17) is 0 Å². The summed E-state index contributed by atoms with van der Waals surface area (Å²) in [5, 5.41) is 0. The van der Waals surface area contributed by atoms with E-state index < -0.39 is 0 Å². The molecule has 0 atom stereocenters. The quantitative estimate of drug-likeness (QED) is 0.518. The molecule has 0 heteroatoms. The number of hydrogen-bond donors (Lipinski definition) is 0. The lowest BCUT2D eigenvalue weighted by atomic mass is 9.81. The molecule has 0 radical (unpaired) electrons. The highest BCUT2D eigenvalue weighted by molar-refractivity contribution is 5.38. The molecule has 0 N–H and O–H groups in total. The predicted octanol–water partition coefficient (Wildman–Crippen LogP) is 7.99. The van der Waals surface area contributed by atoms with Crippen LogP contribution in [0.1, 0.15) is 109 Å². The van der Waals surface area contributed by atoms with E-state index in [1.54, 1.807) is 11.1 Å². The first-order chi connectivity index (χ1) is 13.2. The summed E-state index contributed by atoms with van der Waals surface area (Å²) in [6, 6.07) is 14.8. The average Bonchev–Trinajstić information content (AvgIpc) is 2.68. The van der Waals surface area contributed by atoms with Gasteiger partial charge in [0.2, 0.25) is 0 Å². The number of aryl methyl sites for hydroxylation is 2. The zero-order valence-electron chi connectivity index (χ0n) is 17.4. The SMILES string of the molecule is Cc1cc(Cc2cc(C)cc(C3CCCCC3)c2)cc(C2CCCCC2)c1. The Kier molecular flexibility index (Phi) is 6.01. The summed E-state index contributed by atoms with van der Waals surface area (Å²) in [6.07, 6.45) is 15.2. The van der Waals surface area contributed by atoms with Gasteiger partial charge in [-0.1, -0.05) is 86.1 Å². The standard InChI is InChI=1S/C27H36/c1-20-13-22(18-26(15-20)24-9-5-3-6-10-24)17-23-14-21(2)16-27(19-23)25-11-7-4-8-12-25/h13-16,18-19,24-25H,3-12,17H2,1-2H3. The van der Waals surface area contributed by atoms with Crippen LogP contribution < -0.4 is 0 Å². The second kappa shape index (κ2) is 8.63. The molecule has 0 nitrogen and oxygen atoms in total. The van der Waals surface area contributed by atoms with Crippen molar-refractivity contribution in [1.82, 2.24) is 0 Å². The van der Waals surface area contributed by atoms with Gasteiger partial charge in [-0.05, 0) is 80.0 Å². The van der Waals surface area contributed by atoms with Gasteiger partial charge in [-0.25, -0.2) is 0 Å². The van der Waals surface area contributed by atoms with E-state index in [9.17, 15) is 0 Å². The van der Waals surface area contributed by atoms with E-state index in [1.165, 1.54) is 86.5 Å². The summed E-state index contributed by atoms with van der Waals surface area (Å²) < 4.78 is 0. The van der Waals surface area contributed by atoms with Gasteiger partial charge in [0.1, 0.15) is 0 Å². The normalized spacial score (nSPS) is 19.3. The Bertz CT molecular complexity index is 692. The molecular formula is C27H36. The van der Waals surface area contributed by atoms with Gasteiger partial charge < -0.3 is 0 Å². The summed E-state index contributed by atoms with van der Waals surface area (Å²) in [6.45, 7) is 4.55. The Morgan fingerprint density at radius 1 is 0.556 bits per heavy atom. The van der Waals surface area contributed by atoms with Crippen molar-refractivity contribution < 1.29 is 0 Å². The molecule has 2 aliphatic rings. The minimum atomic E-state index is 0.799. The highest BCUT2D eigenvalue weighted by Crippen LogP contribution is 2.35. The summed E-state index contributed by atoms with van der Waals surface area (Å²) in [5.74, 6) is 1.60. The third-order valence-corrected chi connectivity index (χ3v) is 6.88. The first-order valence-corrected chi connectivity index (χ1v) is 11.4. The second-order valence-electron chi connectivity index (χ2n) is 9.35. The van der Waals surface area contributed by atoms with Gasteiger partial charge in [0.15, 0.2) is 0 Å². The van der Waals surface area contributed by atoms with Gasteiger partial charge >= 0.3 is 0 Å². The zero-order chi connectivity index (χ0) is 18.6. The van der Waals surface area contributed by atoms with Crippen molar-refractivity contribution in [2.45, 2.75) is 96.3 Å². The lowest BCUT2D eigenvalue weighted by molar-refractivity contribution is 0.443. The largest absolute Gasteiger partial charge is 0.0558 e. The molecule has 2 aliphatic carbocycles. The third-order valence-electron chi connectivity index (χ3n) is 6.88. The van der Waals surface area contributed by atoms with Gasteiger partial charge in [0, 0.05) is 0 Å². The molecule has 0 saturated heterocycles. The molecule has 2 aromatic carbocycles. The Balaban J connectivity index is 1.56. The van der Waals surface area contributed by atoms with Crippen LogP contribution >= 0.6 is 0 Å². The van der Waals surface area contributed by atoms with Crippen LogP contribution in [0.2, 0.25) is 0 Å². The topological polar surface area (TPSA) is 0 Å². The van der Waals surface area contributed by atoms with Crippen molar-refractivity contribution in [3.63, 3.8) is 0 Å². The maximum atomic E-state index is 2.52. The average molecular weight is 361 g/mol. The molecule has 144 valence electrons. The molecule has 2 fully saturated rings. The maximum absolute atomic E-state index is 2.52. The van der Waals surface area contributed by atoms with Crippen LogP contribution in [0.3, 0.4) is 0 Å². The van der Waals surface area contributed by atoms with Gasteiger partial charge in [0.25, 0.3) is 0 Å². The molecule has 0 aromatic heterocycles. The Labute approximate surface area is 166 Å². The summed E-state index contributed by atoms with van der Waals surface area (Å²) >= 11 is 0. The van der Waals surface area contributed by atoms with Crippen LogP contribution in [0.5, 0.6) is 0 Å². The summed E-state index contributed by atoms with van der Waals surface area (Å²) in [7, 11) is 0. The van der Waals surface area contributed by atoms with Gasteiger partial charge in [0.05, 0.1) is 0 Å². The van der Waals surface area contributed by atoms with Crippen LogP contribution in [-0.2, 0) is 6.42 Å². The molecule has 0 aliphatic heterocycles. The molecule has 0 unspecified atom stereocenters. The predicted molar refractivity (Wildman–Crippen MR) is 117 cm³/mol. The molecule has 0 bridgehead atoms. The van der Waals surface area contributed by atoms with E-state index in [0.29, 0.717) is 0 Å². The number of benzene rings is 2. The van der Waals surface area contributed by atoms with Gasteiger partial charge in [-0.15, -0.1) is 0 Å². The summed E-state index contributed by atoms with van der Waals surface area (Å²) in [4.78, 5) is 0. The lowest BCUT2D eigenvalue weighted by Gasteiger charge is -2.24. The van der Waals surface area contributed by atoms with E-state index in [2.05, 4.69) is 50.2 Å². The van der Waals surface area contributed by atoms with Crippen LogP contribution in [0, 0.1) is 13.8 Å². The van der Waals surface area contributed by atoms with Crippen LogP contribution in [-0.4, -0.2) is 0 Å². The van der Waals surface area contributed by atoms with Crippen LogP contribution in [0.15, 0.2) is 36.4 Å². The monoisotopic (exact) mass is 360 g/mol. The maximum Gasteiger partial charge on any atom is -0.00254 e. The van der Waals surface area contributed by atoms with Crippen molar-refractivity contribution in [1.29, 1.82) is 0 Å². The minimum Gasteiger partial charge on any atom is -0.0558 e.